The summed E-state index contributed by atoms with van der Waals surface area (Å²) in [7, 11) is 0. The summed E-state index contributed by atoms with van der Waals surface area (Å²) in [6.45, 7) is 0.717. The molecule has 0 aliphatic rings. The van der Waals surface area contributed by atoms with Crippen LogP contribution < -0.4 is 5.32 Å². The van der Waals surface area contributed by atoms with E-state index in [1.54, 1.807) is 6.20 Å². The summed E-state index contributed by atoms with van der Waals surface area (Å²) in [6.07, 6.45) is 2.80. The lowest BCUT2D eigenvalue weighted by atomic mass is 10.2. The van der Waals surface area contributed by atoms with Gasteiger partial charge in [-0.2, -0.15) is 0 Å². The molecule has 5 heteroatoms. The topological polar surface area (TPSA) is 37.8 Å². The van der Waals surface area contributed by atoms with Gasteiger partial charge in [0.2, 0.25) is 0 Å². The lowest BCUT2D eigenvalue weighted by Crippen LogP contribution is -1.98. The largest absolute Gasteiger partial charge is 0.357 e. The second-order valence-electron chi connectivity index (χ2n) is 4.27. The first-order chi connectivity index (χ1) is 9.81. The highest BCUT2D eigenvalue weighted by Crippen LogP contribution is 2.25. The van der Waals surface area contributed by atoms with Gasteiger partial charge in [-0.3, -0.25) is 4.98 Å². The molecule has 100 valence electrons. The number of pyridine rings is 1. The third-order valence-electron chi connectivity index (χ3n) is 2.79. The Hall–Kier alpha value is -2.27. The minimum absolute atomic E-state index is 0.353. The van der Waals surface area contributed by atoms with E-state index in [1.165, 1.54) is 29.2 Å². The van der Waals surface area contributed by atoms with Crippen LogP contribution in [0.15, 0.2) is 54.2 Å². The summed E-state index contributed by atoms with van der Waals surface area (Å²) in [5.41, 5.74) is 2.61. The van der Waals surface area contributed by atoms with E-state index in [4.69, 9.17) is 0 Å². The van der Waals surface area contributed by atoms with E-state index in [9.17, 15) is 4.39 Å². The second kappa shape index (κ2) is 5.79. The Morgan fingerprint density at radius 1 is 1.15 bits per heavy atom. The molecule has 3 rings (SSSR count). The molecule has 0 saturated carbocycles. The van der Waals surface area contributed by atoms with Crippen molar-refractivity contribution in [2.24, 2.45) is 0 Å². The SMILES string of the molecule is Fc1cncc(-c2csc(NCc3ccccc3)n2)c1. The van der Waals surface area contributed by atoms with Crippen molar-refractivity contribution in [2.75, 3.05) is 5.32 Å². The maximum Gasteiger partial charge on any atom is 0.183 e. The van der Waals surface area contributed by atoms with Crippen LogP contribution in [0.2, 0.25) is 0 Å². The van der Waals surface area contributed by atoms with E-state index in [1.807, 2.05) is 23.6 Å². The summed E-state index contributed by atoms with van der Waals surface area (Å²) in [5, 5.41) is 5.96. The van der Waals surface area contributed by atoms with Crippen molar-refractivity contribution >= 4 is 16.5 Å². The first-order valence-corrected chi connectivity index (χ1v) is 7.03. The molecule has 0 saturated heterocycles. The molecular formula is C15H12FN3S. The molecule has 2 aromatic heterocycles. The van der Waals surface area contributed by atoms with Crippen LogP contribution in [0.3, 0.4) is 0 Å². The molecule has 0 amide bonds. The molecule has 1 aromatic carbocycles. The zero-order valence-corrected chi connectivity index (χ0v) is 11.4. The van der Waals surface area contributed by atoms with Crippen LogP contribution in [0, 0.1) is 5.82 Å². The van der Waals surface area contributed by atoms with Gasteiger partial charge in [0.05, 0.1) is 11.9 Å². The quantitative estimate of drug-likeness (QED) is 0.788. The van der Waals surface area contributed by atoms with Crippen LogP contribution in [0.5, 0.6) is 0 Å². The van der Waals surface area contributed by atoms with E-state index in [0.29, 0.717) is 5.56 Å². The van der Waals surface area contributed by atoms with Gasteiger partial charge in [-0.25, -0.2) is 9.37 Å². The fourth-order valence-corrected chi connectivity index (χ4v) is 2.53. The number of halogens is 1. The van der Waals surface area contributed by atoms with Crippen LogP contribution in [0.25, 0.3) is 11.3 Å². The van der Waals surface area contributed by atoms with E-state index in [2.05, 4.69) is 27.4 Å². The number of benzene rings is 1. The van der Waals surface area contributed by atoms with Crippen molar-refractivity contribution in [1.29, 1.82) is 0 Å². The summed E-state index contributed by atoms with van der Waals surface area (Å²) in [6, 6.07) is 11.5. The molecule has 0 aliphatic heterocycles. The lowest BCUT2D eigenvalue weighted by molar-refractivity contribution is 0.622. The predicted octanol–water partition coefficient (Wildman–Crippen LogP) is 3.96. The number of hydrogen-bond acceptors (Lipinski definition) is 4. The summed E-state index contributed by atoms with van der Waals surface area (Å²) >= 11 is 1.50. The van der Waals surface area contributed by atoms with Crippen LogP contribution in [-0.4, -0.2) is 9.97 Å². The van der Waals surface area contributed by atoms with Gasteiger partial charge < -0.3 is 5.32 Å². The van der Waals surface area contributed by atoms with Gasteiger partial charge >= 0.3 is 0 Å². The molecule has 0 unspecified atom stereocenters. The van der Waals surface area contributed by atoms with E-state index in [-0.39, 0.29) is 5.82 Å². The van der Waals surface area contributed by atoms with Gasteiger partial charge in [-0.1, -0.05) is 30.3 Å². The standard InChI is InChI=1S/C15H12FN3S/c16-13-6-12(8-17-9-13)14-10-20-15(19-14)18-7-11-4-2-1-3-5-11/h1-6,8-10H,7H2,(H,18,19). The van der Waals surface area contributed by atoms with Crippen molar-refractivity contribution in [2.45, 2.75) is 6.54 Å². The average molecular weight is 285 g/mol. The van der Waals surface area contributed by atoms with Crippen LogP contribution >= 0.6 is 11.3 Å². The minimum atomic E-state index is -0.353. The first-order valence-electron chi connectivity index (χ1n) is 6.15. The van der Waals surface area contributed by atoms with Crippen molar-refractivity contribution in [3.8, 4) is 11.3 Å². The fraction of sp³-hybridized carbons (Fsp3) is 0.0667. The minimum Gasteiger partial charge on any atom is -0.357 e. The molecule has 0 bridgehead atoms. The number of rotatable bonds is 4. The van der Waals surface area contributed by atoms with Crippen molar-refractivity contribution in [3.05, 3.63) is 65.6 Å². The maximum atomic E-state index is 13.1. The molecule has 0 spiro atoms. The highest BCUT2D eigenvalue weighted by molar-refractivity contribution is 7.14. The Labute approximate surface area is 120 Å². The van der Waals surface area contributed by atoms with E-state index < -0.39 is 0 Å². The molecule has 0 aliphatic carbocycles. The van der Waals surface area contributed by atoms with Gasteiger partial charge in [0, 0.05) is 23.7 Å². The lowest BCUT2D eigenvalue weighted by Gasteiger charge is -2.02. The van der Waals surface area contributed by atoms with Crippen LogP contribution in [0.1, 0.15) is 5.56 Å². The zero-order chi connectivity index (χ0) is 13.8. The summed E-state index contributed by atoms with van der Waals surface area (Å²) in [4.78, 5) is 8.27. The second-order valence-corrected chi connectivity index (χ2v) is 5.13. The molecule has 3 nitrogen and oxygen atoms in total. The number of nitrogens with one attached hydrogen (secondary N) is 1. The third-order valence-corrected chi connectivity index (χ3v) is 3.59. The van der Waals surface area contributed by atoms with Gasteiger partial charge in [-0.05, 0) is 11.6 Å². The monoisotopic (exact) mass is 285 g/mol. The van der Waals surface area contributed by atoms with Gasteiger partial charge in [0.1, 0.15) is 5.82 Å². The number of anilines is 1. The molecule has 2 heterocycles. The Morgan fingerprint density at radius 2 is 2.00 bits per heavy atom. The molecule has 1 N–H and O–H groups in total. The Morgan fingerprint density at radius 3 is 2.80 bits per heavy atom. The Balaban J connectivity index is 1.71. The molecule has 0 atom stereocenters. The highest BCUT2D eigenvalue weighted by atomic mass is 32.1. The molecule has 20 heavy (non-hydrogen) atoms. The normalized spacial score (nSPS) is 10.4. The maximum absolute atomic E-state index is 13.1. The Kier molecular flexibility index (Phi) is 3.69. The number of thiazole rings is 1. The third kappa shape index (κ3) is 3.00. The molecular weight excluding hydrogens is 273 g/mol. The van der Waals surface area contributed by atoms with Gasteiger partial charge in [-0.15, -0.1) is 11.3 Å². The van der Waals surface area contributed by atoms with Crippen molar-refractivity contribution in [3.63, 3.8) is 0 Å². The van der Waals surface area contributed by atoms with Gasteiger partial charge in [0.15, 0.2) is 5.13 Å². The first kappa shape index (κ1) is 12.7. The average Bonchev–Trinajstić information content (AvgIpc) is 2.95. The number of nitrogens with zero attached hydrogens (tertiary/aromatic N) is 2. The zero-order valence-electron chi connectivity index (χ0n) is 10.6. The fourth-order valence-electron chi connectivity index (χ4n) is 1.81. The predicted molar refractivity (Wildman–Crippen MR) is 79.1 cm³/mol. The number of hydrogen-bond donors (Lipinski definition) is 1. The molecule has 0 radical (unpaired) electrons. The van der Waals surface area contributed by atoms with Crippen LogP contribution in [-0.2, 0) is 6.54 Å². The van der Waals surface area contributed by atoms with Crippen LogP contribution in [0.4, 0.5) is 9.52 Å². The smallest absolute Gasteiger partial charge is 0.183 e. The Bertz CT molecular complexity index is 697. The summed E-state index contributed by atoms with van der Waals surface area (Å²) in [5.74, 6) is -0.353. The van der Waals surface area contributed by atoms with Crippen molar-refractivity contribution in [1.82, 2.24) is 9.97 Å². The van der Waals surface area contributed by atoms with E-state index in [0.717, 1.165) is 17.4 Å². The molecule has 3 aromatic rings. The molecule has 0 fully saturated rings. The number of aromatic nitrogens is 2. The van der Waals surface area contributed by atoms with Gasteiger partial charge in [0.25, 0.3) is 0 Å². The summed E-state index contributed by atoms with van der Waals surface area (Å²) < 4.78 is 13.1. The van der Waals surface area contributed by atoms with E-state index >= 15 is 0 Å². The van der Waals surface area contributed by atoms with Crippen molar-refractivity contribution < 1.29 is 4.39 Å². The highest BCUT2D eigenvalue weighted by Gasteiger charge is 2.05.